The lowest BCUT2D eigenvalue weighted by Gasteiger charge is -2.04. The molecule has 0 bridgehead atoms. The summed E-state index contributed by atoms with van der Waals surface area (Å²) in [6, 6.07) is 0. The average molecular weight is 264 g/mol. The monoisotopic (exact) mass is 263 g/mol. The number of allylic oxidation sites excluding steroid dienone is 1. The predicted molar refractivity (Wildman–Crippen MR) is 56.9 cm³/mol. The highest BCUT2D eigenvalue weighted by atomic mass is 79.9. The molecule has 14 heavy (non-hydrogen) atoms. The molecule has 0 unspecified atom stereocenters. The highest BCUT2D eigenvalue weighted by Crippen LogP contribution is 2.08. The fourth-order valence-corrected chi connectivity index (χ4v) is 0.919. The fourth-order valence-electron chi connectivity index (χ4n) is 0.720. The number of nitrogens with one attached hydrogen (secondary N) is 1. The van der Waals surface area contributed by atoms with Gasteiger partial charge in [0.15, 0.2) is 0 Å². The average Bonchev–Trinajstić information content (AvgIpc) is 2.12. The van der Waals surface area contributed by atoms with E-state index in [1.54, 1.807) is 6.92 Å². The molecule has 1 N–H and O–H groups in total. The number of hydrogen-bond acceptors (Lipinski definition) is 3. The van der Waals surface area contributed by atoms with Crippen LogP contribution in [-0.2, 0) is 14.3 Å². The van der Waals surface area contributed by atoms with Crippen LogP contribution in [0.15, 0.2) is 11.1 Å². The highest BCUT2D eigenvalue weighted by molar-refractivity contribution is 9.11. The third-order valence-corrected chi connectivity index (χ3v) is 1.76. The van der Waals surface area contributed by atoms with Crippen molar-refractivity contribution in [3.05, 3.63) is 11.1 Å². The van der Waals surface area contributed by atoms with Gasteiger partial charge in [0.1, 0.15) is 6.54 Å². The molecule has 5 heteroatoms. The second kappa shape index (κ2) is 7.55. The van der Waals surface area contributed by atoms with Crippen LogP contribution in [0.1, 0.15) is 19.8 Å². The number of amides is 1. The fraction of sp³-hybridized carbons (Fsp3) is 0.556. The van der Waals surface area contributed by atoms with Gasteiger partial charge in [-0.2, -0.15) is 0 Å². The molecule has 0 aromatic rings. The molecule has 0 aromatic heterocycles. The Morgan fingerprint density at radius 2 is 2.07 bits per heavy atom. The lowest BCUT2D eigenvalue weighted by atomic mass is 10.3. The molecular weight excluding hydrogens is 250 g/mol. The number of hydrogen-bond donors (Lipinski definition) is 1. The van der Waals surface area contributed by atoms with E-state index in [9.17, 15) is 9.59 Å². The molecule has 0 radical (unpaired) electrons. The first-order valence-electron chi connectivity index (χ1n) is 4.31. The van der Waals surface area contributed by atoms with Crippen molar-refractivity contribution >= 4 is 27.8 Å². The summed E-state index contributed by atoms with van der Waals surface area (Å²) in [5.74, 6) is -0.600. The molecule has 4 nitrogen and oxygen atoms in total. The van der Waals surface area contributed by atoms with Crippen LogP contribution in [0.3, 0.4) is 0 Å². The van der Waals surface area contributed by atoms with Crippen molar-refractivity contribution in [3.8, 4) is 0 Å². The molecular formula is C9H14BrNO3. The molecule has 0 spiro atoms. The van der Waals surface area contributed by atoms with Crippen LogP contribution in [0.4, 0.5) is 0 Å². The minimum absolute atomic E-state index is 0.0680. The van der Waals surface area contributed by atoms with E-state index in [1.165, 1.54) is 0 Å². The highest BCUT2D eigenvalue weighted by Gasteiger charge is 2.05. The van der Waals surface area contributed by atoms with Crippen molar-refractivity contribution in [2.45, 2.75) is 19.8 Å². The molecule has 0 atom stereocenters. The van der Waals surface area contributed by atoms with E-state index in [0.29, 0.717) is 19.4 Å². The Bertz CT molecular complexity index is 228. The number of rotatable bonds is 6. The van der Waals surface area contributed by atoms with Crippen LogP contribution in [0.25, 0.3) is 0 Å². The number of halogens is 1. The standard InChI is InChI=1S/C9H14BrNO3/c1-3-14-9(13)6-11-8(12)5-4-7(2)10/h2-6H2,1H3,(H,11,12). The first-order valence-corrected chi connectivity index (χ1v) is 5.11. The van der Waals surface area contributed by atoms with Gasteiger partial charge in [-0.1, -0.05) is 22.5 Å². The largest absolute Gasteiger partial charge is 0.465 e. The van der Waals surface area contributed by atoms with Gasteiger partial charge < -0.3 is 10.1 Å². The van der Waals surface area contributed by atoms with Gasteiger partial charge in [0.25, 0.3) is 0 Å². The number of esters is 1. The summed E-state index contributed by atoms with van der Waals surface area (Å²) in [7, 11) is 0. The first kappa shape index (κ1) is 13.2. The summed E-state index contributed by atoms with van der Waals surface area (Å²) in [5, 5.41) is 2.45. The normalized spacial score (nSPS) is 9.29. The molecule has 0 rings (SSSR count). The van der Waals surface area contributed by atoms with Crippen molar-refractivity contribution in [1.82, 2.24) is 5.32 Å². The Kier molecular flexibility index (Phi) is 7.10. The van der Waals surface area contributed by atoms with Gasteiger partial charge in [-0.3, -0.25) is 9.59 Å². The minimum atomic E-state index is -0.418. The van der Waals surface area contributed by atoms with E-state index in [4.69, 9.17) is 0 Å². The summed E-state index contributed by atoms with van der Waals surface area (Å²) in [6.07, 6.45) is 0.887. The van der Waals surface area contributed by atoms with E-state index in [1.807, 2.05) is 0 Å². The third-order valence-electron chi connectivity index (χ3n) is 1.36. The van der Waals surface area contributed by atoms with Crippen molar-refractivity contribution in [1.29, 1.82) is 0 Å². The summed E-state index contributed by atoms with van der Waals surface area (Å²) in [6.45, 7) is 5.57. The van der Waals surface area contributed by atoms with Gasteiger partial charge in [0, 0.05) is 6.42 Å². The molecule has 0 aromatic carbocycles. The maximum Gasteiger partial charge on any atom is 0.325 e. The number of carbonyl (C=O) groups excluding carboxylic acids is 2. The van der Waals surface area contributed by atoms with Crippen LogP contribution >= 0.6 is 15.9 Å². The van der Waals surface area contributed by atoms with E-state index in [2.05, 4.69) is 32.6 Å². The van der Waals surface area contributed by atoms with E-state index in [0.717, 1.165) is 4.48 Å². The van der Waals surface area contributed by atoms with Gasteiger partial charge in [-0.25, -0.2) is 0 Å². The van der Waals surface area contributed by atoms with Crippen LogP contribution in [0.5, 0.6) is 0 Å². The van der Waals surface area contributed by atoms with Crippen LogP contribution < -0.4 is 5.32 Å². The molecule has 1 amide bonds. The topological polar surface area (TPSA) is 55.4 Å². The maximum absolute atomic E-state index is 11.1. The van der Waals surface area contributed by atoms with Crippen LogP contribution in [0, 0.1) is 0 Å². The Labute approximate surface area is 91.8 Å². The zero-order valence-electron chi connectivity index (χ0n) is 8.14. The summed E-state index contributed by atoms with van der Waals surface area (Å²) in [4.78, 5) is 21.9. The zero-order chi connectivity index (χ0) is 11.0. The van der Waals surface area contributed by atoms with E-state index < -0.39 is 5.97 Å². The molecule has 0 saturated carbocycles. The molecule has 0 aliphatic carbocycles. The quantitative estimate of drug-likeness (QED) is 0.737. The summed E-state index contributed by atoms with van der Waals surface area (Å²) in [5.41, 5.74) is 0. The van der Waals surface area contributed by atoms with Gasteiger partial charge in [-0.15, -0.1) is 0 Å². The Morgan fingerprint density at radius 3 is 2.57 bits per heavy atom. The minimum Gasteiger partial charge on any atom is -0.465 e. The lowest BCUT2D eigenvalue weighted by molar-refractivity contribution is -0.143. The summed E-state index contributed by atoms with van der Waals surface area (Å²) < 4.78 is 5.40. The van der Waals surface area contributed by atoms with Gasteiger partial charge in [0.05, 0.1) is 6.61 Å². The van der Waals surface area contributed by atoms with Crippen molar-refractivity contribution in [3.63, 3.8) is 0 Å². The van der Waals surface area contributed by atoms with Gasteiger partial charge in [-0.05, 0) is 17.8 Å². The molecule has 0 saturated heterocycles. The summed E-state index contributed by atoms with van der Waals surface area (Å²) >= 11 is 3.14. The first-order chi connectivity index (χ1) is 6.56. The Balaban J connectivity index is 3.53. The maximum atomic E-state index is 11.1. The second-order valence-electron chi connectivity index (χ2n) is 2.60. The second-order valence-corrected chi connectivity index (χ2v) is 3.72. The van der Waals surface area contributed by atoms with Gasteiger partial charge in [0.2, 0.25) is 5.91 Å². The van der Waals surface area contributed by atoms with Crippen LogP contribution in [-0.4, -0.2) is 25.0 Å². The smallest absolute Gasteiger partial charge is 0.325 e. The lowest BCUT2D eigenvalue weighted by Crippen LogP contribution is -2.30. The van der Waals surface area contributed by atoms with Crippen molar-refractivity contribution < 1.29 is 14.3 Å². The molecule has 0 heterocycles. The van der Waals surface area contributed by atoms with Crippen molar-refractivity contribution in [2.75, 3.05) is 13.2 Å². The van der Waals surface area contributed by atoms with Crippen molar-refractivity contribution in [2.24, 2.45) is 0 Å². The third kappa shape index (κ3) is 7.79. The predicted octanol–water partition coefficient (Wildman–Crippen LogP) is 1.35. The molecule has 0 aliphatic heterocycles. The van der Waals surface area contributed by atoms with Gasteiger partial charge >= 0.3 is 5.97 Å². The van der Waals surface area contributed by atoms with E-state index >= 15 is 0 Å². The number of carbonyl (C=O) groups is 2. The zero-order valence-corrected chi connectivity index (χ0v) is 9.72. The van der Waals surface area contributed by atoms with Crippen LogP contribution in [0.2, 0.25) is 0 Å². The molecule has 80 valence electrons. The molecule has 0 fully saturated rings. The number of ether oxygens (including phenoxy) is 1. The van der Waals surface area contributed by atoms with E-state index in [-0.39, 0.29) is 12.5 Å². The SMILES string of the molecule is C=C(Br)CCC(=O)NCC(=O)OCC. The Hall–Kier alpha value is -0.840. The Morgan fingerprint density at radius 1 is 1.43 bits per heavy atom. The molecule has 0 aliphatic rings.